The van der Waals surface area contributed by atoms with Crippen molar-refractivity contribution in [3.05, 3.63) is 607 Å². The zero-order valence-corrected chi connectivity index (χ0v) is 82.7. The van der Waals surface area contributed by atoms with Crippen molar-refractivity contribution in [1.82, 2.24) is 0 Å². The van der Waals surface area contributed by atoms with E-state index in [4.69, 9.17) is 0 Å². The first-order valence-electron chi connectivity index (χ1n) is 51.9. The van der Waals surface area contributed by atoms with Gasteiger partial charge in [-0.15, -0.1) is 0 Å². The molecule has 700 valence electrons. The first kappa shape index (κ1) is 90.5. The van der Waals surface area contributed by atoms with Gasteiger partial charge in [-0.2, -0.15) is 0 Å². The number of benzene rings is 28. The van der Waals surface area contributed by atoms with Crippen LogP contribution in [-0.4, -0.2) is 0 Å². The van der Waals surface area contributed by atoms with E-state index >= 15 is 0 Å². The van der Waals surface area contributed by atoms with Gasteiger partial charge >= 0.3 is 0 Å². The minimum atomic E-state index is 1.20. The van der Waals surface area contributed by atoms with Crippen LogP contribution in [0.25, 0.3) is 275 Å². The third-order valence-electron chi connectivity index (χ3n) is 30.1. The molecule has 0 N–H and O–H groups in total. The molecule has 0 amide bonds. The lowest BCUT2D eigenvalue weighted by Crippen LogP contribution is -1.95. The highest BCUT2D eigenvalue weighted by atomic mass is 14.3. The number of hydrogen-bond donors (Lipinski definition) is 0. The first-order chi connectivity index (χ1) is 74.4. The zero-order chi connectivity index (χ0) is 99.6. The lowest BCUT2D eigenvalue weighted by Gasteiger charge is -2.23. The van der Waals surface area contributed by atoms with Crippen molar-refractivity contribution in [3.63, 3.8) is 0 Å². The average Bonchev–Trinajstić information content (AvgIpc) is 0.705. The zero-order valence-electron chi connectivity index (χ0n) is 82.7. The molecule has 28 rings (SSSR count). The van der Waals surface area contributed by atoms with Crippen LogP contribution in [0.2, 0.25) is 0 Å². The summed E-state index contributed by atoms with van der Waals surface area (Å²) in [6, 6.07) is 222. The van der Waals surface area contributed by atoms with Crippen molar-refractivity contribution in [2.24, 2.45) is 0 Å². The average molecular weight is 1900 g/mol. The van der Waals surface area contributed by atoms with Gasteiger partial charge in [-0.3, -0.25) is 0 Å². The Morgan fingerprint density at radius 1 is 0.0667 bits per heavy atom. The van der Waals surface area contributed by atoms with Crippen LogP contribution in [-0.2, 0) is 0 Å². The monoisotopic (exact) mass is 1900 g/mol. The van der Waals surface area contributed by atoms with Gasteiger partial charge in [-0.1, -0.05) is 534 Å². The Morgan fingerprint density at radius 2 is 0.227 bits per heavy atom. The Labute approximate surface area is 875 Å². The topological polar surface area (TPSA) is 0 Å². The van der Waals surface area contributed by atoms with Crippen molar-refractivity contribution in [3.8, 4) is 178 Å². The molecule has 0 aliphatic heterocycles. The maximum absolute atomic E-state index is 2.43. The summed E-state index contributed by atoms with van der Waals surface area (Å²) < 4.78 is 0. The summed E-state index contributed by atoms with van der Waals surface area (Å²) in [5.74, 6) is 0. The van der Waals surface area contributed by atoms with E-state index in [1.54, 1.807) is 0 Å². The van der Waals surface area contributed by atoms with Crippen molar-refractivity contribution >= 4 is 97.0 Å². The Bertz CT molecular complexity index is 9350. The van der Waals surface area contributed by atoms with Gasteiger partial charge in [0.2, 0.25) is 0 Å². The largest absolute Gasteiger partial charge is 0.0622 e. The summed E-state index contributed by atoms with van der Waals surface area (Å²) >= 11 is 0. The van der Waals surface area contributed by atoms with Crippen molar-refractivity contribution in [2.75, 3.05) is 0 Å². The lowest BCUT2D eigenvalue weighted by atomic mass is 9.80. The van der Waals surface area contributed by atoms with Crippen molar-refractivity contribution in [2.45, 2.75) is 0 Å². The van der Waals surface area contributed by atoms with Crippen LogP contribution in [0.1, 0.15) is 0 Å². The highest BCUT2D eigenvalue weighted by molar-refractivity contribution is 6.29. The third kappa shape index (κ3) is 17.4. The molecule has 0 aliphatic rings. The Morgan fingerprint density at radius 3 is 0.467 bits per heavy atom. The fourth-order valence-corrected chi connectivity index (χ4v) is 23.1. The molecule has 0 unspecified atom stereocenters. The summed E-state index contributed by atoms with van der Waals surface area (Å²) in [5.41, 5.74) is 39.3. The molecule has 0 radical (unpaired) electrons. The minimum absolute atomic E-state index is 1.20. The van der Waals surface area contributed by atoms with Crippen molar-refractivity contribution in [1.29, 1.82) is 0 Å². The van der Waals surface area contributed by atoms with Crippen LogP contribution in [0.5, 0.6) is 0 Å². The Balaban J connectivity index is 0.000000114. The van der Waals surface area contributed by atoms with Gasteiger partial charge in [-0.25, -0.2) is 0 Å². The molecule has 28 aromatic rings. The van der Waals surface area contributed by atoms with Gasteiger partial charge in [0.1, 0.15) is 0 Å². The quantitative estimate of drug-likeness (QED) is 0.0846. The van der Waals surface area contributed by atoms with Gasteiger partial charge in [0, 0.05) is 0 Å². The first-order valence-corrected chi connectivity index (χ1v) is 51.9. The molecule has 0 saturated heterocycles. The van der Waals surface area contributed by atoms with Gasteiger partial charge in [-0.05, 0) is 348 Å². The van der Waals surface area contributed by atoms with Crippen LogP contribution in [0.15, 0.2) is 607 Å². The predicted octanol–water partition coefficient (Wildman–Crippen LogP) is 42.1. The highest BCUT2D eigenvalue weighted by Crippen LogP contribution is 2.55. The SMILES string of the molecule is c1ccc(-c2ccc(-c3c4ccccc4c(-c4ccc(-c5ccccc5)cc4-c4ccccc4)c4cc5ccccc5cc34)c(-c3ccccc3)c2)cc1.c1ccc(-c2ccc(-c3ccccc3)c(-c3c4ccccc4c(-c4cc(-c5ccccc5)ccc4-c4ccccc4)c4cc5ccccc5cc34)c2)cc1.c1ccc(-c2cccc(-c3c4ccccc4c(-c4cccc(-c5ccccc5)c4)c4cc5ccccc5cc34)c2)cc1. The van der Waals surface area contributed by atoms with Gasteiger partial charge in [0.05, 0.1) is 0 Å². The summed E-state index contributed by atoms with van der Waals surface area (Å²) in [4.78, 5) is 0. The normalized spacial score (nSPS) is 11.3. The molecule has 28 aromatic carbocycles. The van der Waals surface area contributed by atoms with E-state index in [1.165, 1.54) is 275 Å². The molecule has 0 atom stereocenters. The smallest absolute Gasteiger partial charge is 0.00197 e. The summed E-state index contributed by atoms with van der Waals surface area (Å²) in [5, 5.41) is 22.5. The molecular formula is C150H100. The van der Waals surface area contributed by atoms with Crippen molar-refractivity contribution < 1.29 is 0 Å². The summed E-state index contributed by atoms with van der Waals surface area (Å²) in [7, 11) is 0. The number of fused-ring (bicyclic) bond motifs is 9. The second kappa shape index (κ2) is 40.2. The van der Waals surface area contributed by atoms with Gasteiger partial charge < -0.3 is 0 Å². The van der Waals surface area contributed by atoms with Crippen LogP contribution in [0, 0.1) is 0 Å². The maximum Gasteiger partial charge on any atom is -0.00197 e. The standard InChI is InChI=1S/2C54H36.C42H28/c1-5-17-37(18-6-1)43-29-31-47(49(33-43)39-21-9-3-10-22-39)53-45-27-15-16-28-46(45)54(52-36-42-26-14-13-25-41(42)35-51(52)53)48-32-30-44(38-19-7-2-8-20-38)34-50(48)40-23-11-4-12-24-40;1-5-17-37(18-6-1)43-29-31-45(39-21-9-3-10-22-39)49(35-43)53-47-27-15-16-28-48(47)54(52-34-42-26-14-13-25-41(42)33-51(52)53)50-36-44(38-19-7-2-8-20-38)30-32-46(50)40-23-11-4-12-24-40;1-3-13-29(14-4-1)31-19-11-21-35(25-31)41-37-23-9-10-24-38(37)42(40-28-34-18-8-7-17-33(34)27-39(40)41)36-22-12-20-32(26-36)30-15-5-2-6-16-30/h2*1-36H;1-28H. The molecule has 0 bridgehead atoms. The fourth-order valence-electron chi connectivity index (χ4n) is 23.1. The van der Waals surface area contributed by atoms with Crippen LogP contribution < -0.4 is 0 Å². The molecule has 0 aromatic heterocycles. The summed E-state index contributed by atoms with van der Waals surface area (Å²) in [6.45, 7) is 0. The van der Waals surface area contributed by atoms with Crippen LogP contribution in [0.4, 0.5) is 0 Å². The predicted molar refractivity (Wildman–Crippen MR) is 644 cm³/mol. The maximum atomic E-state index is 2.43. The Hall–Kier alpha value is -19.5. The fraction of sp³-hybridized carbons (Fsp3) is 0. The molecular weight excluding hydrogens is 1800 g/mol. The Kier molecular flexibility index (Phi) is 24.3. The molecule has 150 heavy (non-hydrogen) atoms. The van der Waals surface area contributed by atoms with Crippen LogP contribution in [0.3, 0.4) is 0 Å². The van der Waals surface area contributed by atoms with E-state index in [-0.39, 0.29) is 0 Å². The second-order valence-corrected chi connectivity index (χ2v) is 39.0. The van der Waals surface area contributed by atoms with E-state index in [0.29, 0.717) is 0 Å². The minimum Gasteiger partial charge on any atom is -0.0622 e. The molecule has 0 heterocycles. The van der Waals surface area contributed by atoms with E-state index in [0.717, 1.165) is 0 Å². The molecule has 0 fully saturated rings. The molecule has 0 heteroatoms. The molecule has 0 aliphatic carbocycles. The third-order valence-corrected chi connectivity index (χ3v) is 30.1. The van der Waals surface area contributed by atoms with E-state index in [2.05, 4.69) is 607 Å². The molecule has 0 saturated carbocycles. The summed E-state index contributed by atoms with van der Waals surface area (Å²) in [6.07, 6.45) is 0. The lowest BCUT2D eigenvalue weighted by molar-refractivity contribution is 1.57. The second-order valence-electron chi connectivity index (χ2n) is 39.0. The van der Waals surface area contributed by atoms with Crippen LogP contribution >= 0.6 is 0 Å². The number of rotatable bonds is 16. The molecule has 0 spiro atoms. The van der Waals surface area contributed by atoms with E-state index in [1.807, 2.05) is 0 Å². The van der Waals surface area contributed by atoms with E-state index in [9.17, 15) is 0 Å². The highest BCUT2D eigenvalue weighted by Gasteiger charge is 2.28. The van der Waals surface area contributed by atoms with Gasteiger partial charge in [0.15, 0.2) is 0 Å². The van der Waals surface area contributed by atoms with E-state index < -0.39 is 0 Å². The molecule has 0 nitrogen and oxygen atoms in total. The number of hydrogen-bond acceptors (Lipinski definition) is 0. The van der Waals surface area contributed by atoms with Gasteiger partial charge in [0.25, 0.3) is 0 Å².